The van der Waals surface area contributed by atoms with Crippen LogP contribution in [0.1, 0.15) is 50.0 Å². The molecule has 1 aliphatic carbocycles. The average Bonchev–Trinajstić information content (AvgIpc) is 2.56. The Morgan fingerprint density at radius 3 is 2.55 bits per heavy atom. The van der Waals surface area contributed by atoms with Crippen molar-refractivity contribution in [1.82, 2.24) is 0 Å². The Kier molecular flexibility index (Phi) is 5.68. The van der Waals surface area contributed by atoms with Gasteiger partial charge in [0.2, 0.25) is 0 Å². The topological polar surface area (TPSA) is 33.0 Å². The van der Waals surface area contributed by atoms with Gasteiger partial charge in [0.15, 0.2) is 5.83 Å². The summed E-state index contributed by atoms with van der Waals surface area (Å²) >= 11 is 0. The number of nitrogens with zero attached hydrogens (tertiary/aromatic N) is 1. The smallest absolute Gasteiger partial charge is 0.196 e. The van der Waals surface area contributed by atoms with Crippen LogP contribution in [0.4, 0.5) is 8.78 Å². The van der Waals surface area contributed by atoms with Crippen molar-refractivity contribution in [2.24, 2.45) is 0 Å². The Bertz CT molecular complexity index is 551. The van der Waals surface area contributed by atoms with Crippen LogP contribution in [0.5, 0.6) is 0 Å². The molecule has 0 radical (unpaired) electrons. The van der Waals surface area contributed by atoms with Gasteiger partial charge in [-0.3, -0.25) is 0 Å². The quantitative estimate of drug-likeness (QED) is 0.715. The molecule has 1 aromatic carbocycles. The van der Waals surface area contributed by atoms with Crippen LogP contribution in [0, 0.1) is 17.1 Å². The summed E-state index contributed by atoms with van der Waals surface area (Å²) in [7, 11) is 1.70. The van der Waals surface area contributed by atoms with Gasteiger partial charge in [-0.1, -0.05) is 12.1 Å². The predicted molar refractivity (Wildman–Crippen MR) is 81.4 cm³/mol. The fourth-order valence-corrected chi connectivity index (χ4v) is 3.28. The number of halogens is 2. The van der Waals surface area contributed by atoms with E-state index < -0.39 is 5.83 Å². The molecule has 2 rings (SSSR count). The number of rotatable bonds is 5. The first-order chi connectivity index (χ1) is 10.6. The van der Waals surface area contributed by atoms with Crippen LogP contribution in [-0.2, 0) is 4.74 Å². The van der Waals surface area contributed by atoms with E-state index in [0.29, 0.717) is 12.3 Å². The number of methoxy groups -OCH3 is 1. The van der Waals surface area contributed by atoms with Gasteiger partial charge in [-0.25, -0.2) is 4.39 Å². The molecule has 118 valence electrons. The maximum Gasteiger partial charge on any atom is 0.196 e. The van der Waals surface area contributed by atoms with Gasteiger partial charge in [-0.15, -0.1) is 0 Å². The summed E-state index contributed by atoms with van der Waals surface area (Å²) in [4.78, 5) is 0. The van der Waals surface area contributed by atoms with E-state index in [0.717, 1.165) is 32.1 Å². The third-order valence-electron chi connectivity index (χ3n) is 4.70. The van der Waals surface area contributed by atoms with Gasteiger partial charge in [0, 0.05) is 7.11 Å². The highest BCUT2D eigenvalue weighted by Crippen LogP contribution is 2.42. The molecule has 0 bridgehead atoms. The fourth-order valence-electron chi connectivity index (χ4n) is 3.28. The summed E-state index contributed by atoms with van der Waals surface area (Å²) < 4.78 is 31.5. The minimum absolute atomic E-state index is 0.211. The van der Waals surface area contributed by atoms with E-state index in [4.69, 9.17) is 10.00 Å². The number of allylic oxidation sites excluding steroid dienone is 2. The SMILES string of the molecule is COC1(CCC=C(F)C#N)CCC(c2ccc(F)cc2)CC1. The van der Waals surface area contributed by atoms with Crippen LogP contribution in [0.2, 0.25) is 0 Å². The van der Waals surface area contributed by atoms with Gasteiger partial charge in [0.25, 0.3) is 0 Å². The normalized spacial score (nSPS) is 25.7. The third kappa shape index (κ3) is 4.14. The number of ether oxygens (including phenoxy) is 1. The van der Waals surface area contributed by atoms with Crippen LogP contribution < -0.4 is 0 Å². The van der Waals surface area contributed by atoms with Crippen molar-refractivity contribution in [2.45, 2.75) is 50.0 Å². The van der Waals surface area contributed by atoms with Gasteiger partial charge >= 0.3 is 0 Å². The molecule has 22 heavy (non-hydrogen) atoms. The van der Waals surface area contributed by atoms with Crippen LogP contribution in [0.15, 0.2) is 36.2 Å². The second-order valence-corrected chi connectivity index (χ2v) is 5.92. The maximum atomic E-state index is 13.0. The first kappa shape index (κ1) is 16.6. The summed E-state index contributed by atoms with van der Waals surface area (Å²) in [5.74, 6) is -0.515. The van der Waals surface area contributed by atoms with E-state index >= 15 is 0 Å². The number of nitriles is 1. The standard InChI is InChI=1S/C18H21F2NO/c1-22-18(10-2-3-17(20)13-21)11-8-15(9-12-18)14-4-6-16(19)7-5-14/h3-7,15H,2,8-12H2,1H3. The van der Waals surface area contributed by atoms with Crippen molar-refractivity contribution in [3.05, 3.63) is 47.5 Å². The molecule has 0 saturated heterocycles. The van der Waals surface area contributed by atoms with Crippen molar-refractivity contribution in [3.8, 4) is 6.07 Å². The lowest BCUT2D eigenvalue weighted by molar-refractivity contribution is -0.0483. The summed E-state index contributed by atoms with van der Waals surface area (Å²) in [5.41, 5.74) is 0.935. The molecule has 0 N–H and O–H groups in total. The lowest BCUT2D eigenvalue weighted by Crippen LogP contribution is -2.35. The highest BCUT2D eigenvalue weighted by molar-refractivity contribution is 5.21. The average molecular weight is 305 g/mol. The Morgan fingerprint density at radius 2 is 2.00 bits per heavy atom. The lowest BCUT2D eigenvalue weighted by Gasteiger charge is -2.39. The Morgan fingerprint density at radius 1 is 1.36 bits per heavy atom. The summed E-state index contributed by atoms with van der Waals surface area (Å²) in [6, 6.07) is 8.20. The zero-order chi connectivity index (χ0) is 16.0. The molecule has 0 aromatic heterocycles. The van der Waals surface area contributed by atoms with Crippen LogP contribution >= 0.6 is 0 Å². The second kappa shape index (κ2) is 7.51. The molecule has 0 aliphatic heterocycles. The highest BCUT2D eigenvalue weighted by atomic mass is 19.1. The molecule has 1 saturated carbocycles. The Labute approximate surface area is 130 Å². The highest BCUT2D eigenvalue weighted by Gasteiger charge is 2.35. The van der Waals surface area contributed by atoms with E-state index in [9.17, 15) is 8.78 Å². The van der Waals surface area contributed by atoms with Crippen molar-refractivity contribution in [1.29, 1.82) is 5.26 Å². The van der Waals surface area contributed by atoms with Crippen molar-refractivity contribution < 1.29 is 13.5 Å². The summed E-state index contributed by atoms with van der Waals surface area (Å²) in [5, 5.41) is 8.42. The molecular formula is C18H21F2NO. The summed E-state index contributed by atoms with van der Waals surface area (Å²) in [6.07, 6.45) is 6.30. The zero-order valence-electron chi connectivity index (χ0n) is 12.8. The molecule has 0 unspecified atom stereocenters. The van der Waals surface area contributed by atoms with Gasteiger partial charge in [0.1, 0.15) is 11.9 Å². The van der Waals surface area contributed by atoms with Gasteiger partial charge in [0.05, 0.1) is 5.60 Å². The molecule has 1 fully saturated rings. The first-order valence-corrected chi connectivity index (χ1v) is 7.65. The molecule has 0 spiro atoms. The molecular weight excluding hydrogens is 284 g/mol. The molecule has 2 nitrogen and oxygen atoms in total. The Hall–Kier alpha value is -1.73. The molecule has 0 amide bonds. The van der Waals surface area contributed by atoms with Gasteiger partial charge in [-0.2, -0.15) is 9.65 Å². The maximum absolute atomic E-state index is 13.0. The molecule has 0 atom stereocenters. The molecule has 4 heteroatoms. The van der Waals surface area contributed by atoms with Gasteiger partial charge in [-0.05, 0) is 68.2 Å². The fraction of sp³-hybridized carbons (Fsp3) is 0.500. The van der Waals surface area contributed by atoms with Crippen molar-refractivity contribution in [3.63, 3.8) is 0 Å². The van der Waals surface area contributed by atoms with Gasteiger partial charge < -0.3 is 4.74 Å². The lowest BCUT2D eigenvalue weighted by atomic mass is 9.74. The number of hydrogen-bond acceptors (Lipinski definition) is 2. The van der Waals surface area contributed by atoms with Crippen LogP contribution in [0.3, 0.4) is 0 Å². The summed E-state index contributed by atoms with van der Waals surface area (Å²) in [6.45, 7) is 0. The Balaban J connectivity index is 1.93. The molecule has 1 aromatic rings. The van der Waals surface area contributed by atoms with E-state index in [1.54, 1.807) is 7.11 Å². The third-order valence-corrected chi connectivity index (χ3v) is 4.70. The molecule has 1 aliphatic rings. The van der Waals surface area contributed by atoms with Crippen LogP contribution in [0.25, 0.3) is 0 Å². The van der Waals surface area contributed by atoms with E-state index in [1.165, 1.54) is 29.8 Å². The molecule has 0 heterocycles. The largest absolute Gasteiger partial charge is 0.378 e. The monoisotopic (exact) mass is 305 g/mol. The van der Waals surface area contributed by atoms with E-state index in [-0.39, 0.29) is 11.4 Å². The van der Waals surface area contributed by atoms with Crippen LogP contribution in [-0.4, -0.2) is 12.7 Å². The van der Waals surface area contributed by atoms with E-state index in [2.05, 4.69) is 0 Å². The van der Waals surface area contributed by atoms with E-state index in [1.807, 2.05) is 12.1 Å². The predicted octanol–water partition coefficient (Wildman–Crippen LogP) is 5.03. The number of hydrogen-bond donors (Lipinski definition) is 0. The van der Waals surface area contributed by atoms with Crippen molar-refractivity contribution in [2.75, 3.05) is 7.11 Å². The first-order valence-electron chi connectivity index (χ1n) is 7.65. The second-order valence-electron chi connectivity index (χ2n) is 5.92. The van der Waals surface area contributed by atoms with Crippen molar-refractivity contribution >= 4 is 0 Å². The minimum Gasteiger partial charge on any atom is -0.378 e. The zero-order valence-corrected chi connectivity index (χ0v) is 12.8. The number of benzene rings is 1. The minimum atomic E-state index is -0.730.